The molecule has 2 nitrogen and oxygen atoms in total. The van der Waals surface area contributed by atoms with Crippen molar-refractivity contribution in [2.45, 2.75) is 0 Å². The Morgan fingerprint density at radius 2 is 2.07 bits per heavy atom. The fourth-order valence-electron chi connectivity index (χ4n) is 1.24. The largest absolute Gasteiger partial charge is 0.472 e. The van der Waals surface area contributed by atoms with Crippen LogP contribution in [0.25, 0.3) is 11.1 Å². The van der Waals surface area contributed by atoms with Crippen LogP contribution >= 0.6 is 0 Å². The van der Waals surface area contributed by atoms with Gasteiger partial charge in [0.05, 0.1) is 18.1 Å². The first kappa shape index (κ1) is 8.69. The molecule has 3 heteroatoms. The molecule has 0 fully saturated rings. The zero-order chi connectivity index (χ0) is 9.97. The molecule has 0 spiro atoms. The van der Waals surface area contributed by atoms with Crippen LogP contribution in [0.1, 0.15) is 10.4 Å². The molecule has 2 aromatic rings. The van der Waals surface area contributed by atoms with Crippen molar-refractivity contribution in [3.8, 4) is 11.1 Å². The van der Waals surface area contributed by atoms with E-state index in [1.54, 1.807) is 18.4 Å². The van der Waals surface area contributed by atoms with Crippen LogP contribution in [0.4, 0.5) is 4.39 Å². The summed E-state index contributed by atoms with van der Waals surface area (Å²) in [5, 5.41) is 0. The highest BCUT2D eigenvalue weighted by molar-refractivity contribution is 5.79. The number of carbonyl (C=O) groups excluding carboxylic acids is 1. The molecule has 1 aromatic heterocycles. The van der Waals surface area contributed by atoms with Gasteiger partial charge in [-0.15, -0.1) is 0 Å². The third-order valence-electron chi connectivity index (χ3n) is 1.98. The second-order valence-electron chi connectivity index (χ2n) is 2.87. The summed E-state index contributed by atoms with van der Waals surface area (Å²) in [7, 11) is 0. The Morgan fingerprint density at radius 1 is 1.21 bits per heavy atom. The van der Waals surface area contributed by atoms with E-state index in [9.17, 15) is 9.18 Å². The van der Waals surface area contributed by atoms with E-state index < -0.39 is 5.82 Å². The van der Waals surface area contributed by atoms with Gasteiger partial charge >= 0.3 is 0 Å². The van der Waals surface area contributed by atoms with Crippen LogP contribution in [0.2, 0.25) is 0 Å². The summed E-state index contributed by atoms with van der Waals surface area (Å²) in [4.78, 5) is 10.5. The van der Waals surface area contributed by atoms with E-state index in [2.05, 4.69) is 0 Å². The Labute approximate surface area is 80.0 Å². The highest BCUT2D eigenvalue weighted by Crippen LogP contribution is 2.21. The fourth-order valence-corrected chi connectivity index (χ4v) is 1.24. The summed E-state index contributed by atoms with van der Waals surface area (Å²) in [5.41, 5.74) is 1.65. The number of rotatable bonds is 2. The van der Waals surface area contributed by atoms with Crippen LogP contribution in [0.5, 0.6) is 0 Å². The third kappa shape index (κ3) is 1.44. The van der Waals surface area contributed by atoms with Gasteiger partial charge in [0.25, 0.3) is 0 Å². The highest BCUT2D eigenvalue weighted by Gasteiger charge is 2.04. The molecule has 0 atom stereocenters. The molecule has 1 aromatic carbocycles. The lowest BCUT2D eigenvalue weighted by Gasteiger charge is -1.98. The van der Waals surface area contributed by atoms with Crippen molar-refractivity contribution in [1.29, 1.82) is 0 Å². The Hall–Kier alpha value is -1.90. The number of carbonyl (C=O) groups is 1. The number of hydrogen-bond donors (Lipinski definition) is 0. The van der Waals surface area contributed by atoms with E-state index in [4.69, 9.17) is 4.42 Å². The molecule has 0 saturated carbocycles. The average molecular weight is 190 g/mol. The van der Waals surface area contributed by atoms with E-state index in [1.165, 1.54) is 18.4 Å². The maximum atomic E-state index is 13.0. The molecule has 0 bridgehead atoms. The molecule has 0 aliphatic heterocycles. The molecule has 0 N–H and O–H groups in total. The minimum atomic E-state index is -0.507. The van der Waals surface area contributed by atoms with Crippen LogP contribution in [-0.2, 0) is 0 Å². The summed E-state index contributed by atoms with van der Waals surface area (Å²) in [6, 6.07) is 6.12. The molecule has 0 aliphatic rings. The zero-order valence-electron chi connectivity index (χ0n) is 7.24. The summed E-state index contributed by atoms with van der Waals surface area (Å²) in [5.74, 6) is -0.507. The maximum Gasteiger partial charge on any atom is 0.153 e. The Bertz CT molecular complexity index is 446. The van der Waals surface area contributed by atoms with E-state index >= 15 is 0 Å². The molecule has 14 heavy (non-hydrogen) atoms. The lowest BCUT2D eigenvalue weighted by Crippen LogP contribution is -1.87. The molecule has 0 amide bonds. The van der Waals surface area contributed by atoms with Crippen molar-refractivity contribution in [3.05, 3.63) is 48.2 Å². The molecule has 70 valence electrons. The van der Waals surface area contributed by atoms with Crippen LogP contribution in [-0.4, -0.2) is 6.29 Å². The van der Waals surface area contributed by atoms with Crippen molar-refractivity contribution < 1.29 is 13.6 Å². The van der Waals surface area contributed by atoms with Crippen molar-refractivity contribution >= 4 is 6.29 Å². The van der Waals surface area contributed by atoms with E-state index in [0.717, 1.165) is 11.1 Å². The van der Waals surface area contributed by atoms with Gasteiger partial charge in [-0.05, 0) is 23.8 Å². The molecule has 0 unspecified atom stereocenters. The molecule has 0 saturated heterocycles. The van der Waals surface area contributed by atoms with Gasteiger partial charge in [0.2, 0.25) is 0 Å². The summed E-state index contributed by atoms with van der Waals surface area (Å²) < 4.78 is 17.8. The number of benzene rings is 1. The van der Waals surface area contributed by atoms with Gasteiger partial charge in [0, 0.05) is 5.56 Å². The highest BCUT2D eigenvalue weighted by atomic mass is 19.1. The first-order valence-corrected chi connectivity index (χ1v) is 4.08. The van der Waals surface area contributed by atoms with Gasteiger partial charge in [-0.3, -0.25) is 4.79 Å². The smallest absolute Gasteiger partial charge is 0.153 e. The standard InChI is InChI=1S/C11H7FO2/c12-11-2-1-8(5-10(11)6-13)9-3-4-14-7-9/h1-7H. The zero-order valence-corrected chi connectivity index (χ0v) is 7.24. The van der Waals surface area contributed by atoms with Gasteiger partial charge in [0.1, 0.15) is 5.82 Å². The van der Waals surface area contributed by atoms with Crippen LogP contribution in [0.15, 0.2) is 41.2 Å². The monoisotopic (exact) mass is 190 g/mol. The molecular weight excluding hydrogens is 183 g/mol. The number of hydrogen-bond acceptors (Lipinski definition) is 2. The predicted molar refractivity (Wildman–Crippen MR) is 49.5 cm³/mol. The Kier molecular flexibility index (Phi) is 2.14. The van der Waals surface area contributed by atoms with E-state index in [0.29, 0.717) is 6.29 Å². The van der Waals surface area contributed by atoms with E-state index in [1.807, 2.05) is 0 Å². The van der Waals surface area contributed by atoms with Crippen molar-refractivity contribution in [1.82, 2.24) is 0 Å². The summed E-state index contributed by atoms with van der Waals surface area (Å²) >= 11 is 0. The predicted octanol–water partition coefficient (Wildman–Crippen LogP) is 2.90. The maximum absolute atomic E-state index is 13.0. The molecule has 1 heterocycles. The first-order valence-electron chi connectivity index (χ1n) is 4.08. The lowest BCUT2D eigenvalue weighted by molar-refractivity contribution is 0.112. The van der Waals surface area contributed by atoms with Gasteiger partial charge in [-0.1, -0.05) is 6.07 Å². The Balaban J connectivity index is 2.51. The van der Waals surface area contributed by atoms with Crippen LogP contribution in [0, 0.1) is 5.82 Å². The van der Waals surface area contributed by atoms with Crippen molar-refractivity contribution in [2.24, 2.45) is 0 Å². The fraction of sp³-hybridized carbons (Fsp3) is 0. The minimum Gasteiger partial charge on any atom is -0.472 e. The first-order chi connectivity index (χ1) is 6.81. The number of furan rings is 1. The summed E-state index contributed by atoms with van der Waals surface area (Å²) in [6.07, 6.45) is 3.57. The quantitative estimate of drug-likeness (QED) is 0.681. The van der Waals surface area contributed by atoms with Crippen molar-refractivity contribution in [3.63, 3.8) is 0 Å². The van der Waals surface area contributed by atoms with Gasteiger partial charge in [-0.2, -0.15) is 0 Å². The van der Waals surface area contributed by atoms with Crippen LogP contribution in [0.3, 0.4) is 0 Å². The average Bonchev–Trinajstić information content (AvgIpc) is 2.71. The van der Waals surface area contributed by atoms with Gasteiger partial charge in [0.15, 0.2) is 6.29 Å². The topological polar surface area (TPSA) is 30.2 Å². The SMILES string of the molecule is O=Cc1cc(-c2ccoc2)ccc1F. The van der Waals surface area contributed by atoms with E-state index in [-0.39, 0.29) is 5.56 Å². The van der Waals surface area contributed by atoms with Gasteiger partial charge in [-0.25, -0.2) is 4.39 Å². The lowest BCUT2D eigenvalue weighted by atomic mass is 10.1. The number of halogens is 1. The second-order valence-corrected chi connectivity index (χ2v) is 2.87. The molecule has 2 rings (SSSR count). The minimum absolute atomic E-state index is 0.0590. The third-order valence-corrected chi connectivity index (χ3v) is 1.98. The number of aldehydes is 1. The molecular formula is C11H7FO2. The molecule has 0 aliphatic carbocycles. The summed E-state index contributed by atoms with van der Waals surface area (Å²) in [6.45, 7) is 0. The Morgan fingerprint density at radius 3 is 2.71 bits per heavy atom. The second kappa shape index (κ2) is 3.46. The molecule has 0 radical (unpaired) electrons. The van der Waals surface area contributed by atoms with Gasteiger partial charge < -0.3 is 4.42 Å². The van der Waals surface area contributed by atoms with Crippen molar-refractivity contribution in [2.75, 3.05) is 0 Å². The normalized spacial score (nSPS) is 10.1. The van der Waals surface area contributed by atoms with Crippen LogP contribution < -0.4 is 0 Å².